The second-order valence-electron chi connectivity index (χ2n) is 4.48. The number of carbonyl (C=O) groups is 1. The molecular formula is C10H20N2O4S. The molecule has 17 heavy (non-hydrogen) atoms. The summed E-state index contributed by atoms with van der Waals surface area (Å²) < 4.78 is 30.7. The molecule has 0 bridgehead atoms. The van der Waals surface area contributed by atoms with E-state index in [-0.39, 0.29) is 6.61 Å². The van der Waals surface area contributed by atoms with Crippen LogP contribution in [0.15, 0.2) is 0 Å². The predicted molar refractivity (Wildman–Crippen MR) is 64.1 cm³/mol. The molecule has 2 N–H and O–H groups in total. The summed E-state index contributed by atoms with van der Waals surface area (Å²) in [5.41, 5.74) is -0.462. The van der Waals surface area contributed by atoms with Crippen molar-refractivity contribution >= 4 is 16.0 Å². The van der Waals surface area contributed by atoms with E-state index in [9.17, 15) is 13.2 Å². The van der Waals surface area contributed by atoms with Gasteiger partial charge in [0.2, 0.25) is 10.0 Å². The van der Waals surface area contributed by atoms with Gasteiger partial charge in [0.15, 0.2) is 5.75 Å². The molecule has 0 spiro atoms. The molecule has 0 unspecified atom stereocenters. The molecule has 1 heterocycles. The van der Waals surface area contributed by atoms with E-state index < -0.39 is 27.3 Å². The number of hydrogen-bond acceptors (Lipinski definition) is 5. The van der Waals surface area contributed by atoms with E-state index in [0.29, 0.717) is 0 Å². The fraction of sp³-hybridized carbons (Fsp3) is 0.900. The second kappa shape index (κ2) is 5.79. The Morgan fingerprint density at radius 2 is 2.00 bits per heavy atom. The molecule has 0 aliphatic carbocycles. The van der Waals surface area contributed by atoms with Crippen molar-refractivity contribution in [1.29, 1.82) is 0 Å². The average Bonchev–Trinajstić information content (AvgIpc) is 2.15. The van der Waals surface area contributed by atoms with E-state index >= 15 is 0 Å². The van der Waals surface area contributed by atoms with Gasteiger partial charge in [0.25, 0.3) is 0 Å². The van der Waals surface area contributed by atoms with Gasteiger partial charge in [-0.2, -0.15) is 0 Å². The van der Waals surface area contributed by atoms with Crippen LogP contribution in [0, 0.1) is 0 Å². The molecule has 1 saturated heterocycles. The molecule has 0 saturated carbocycles. The van der Waals surface area contributed by atoms with Gasteiger partial charge in [-0.25, -0.2) is 13.1 Å². The van der Waals surface area contributed by atoms with Gasteiger partial charge in [-0.1, -0.05) is 0 Å². The van der Waals surface area contributed by atoms with Crippen molar-refractivity contribution in [2.45, 2.75) is 32.2 Å². The molecule has 100 valence electrons. The number of sulfonamides is 1. The number of carbonyl (C=O) groups excluding carboxylic acids is 1. The predicted octanol–water partition coefficient (Wildman–Crippen LogP) is -0.389. The van der Waals surface area contributed by atoms with E-state index in [2.05, 4.69) is 14.8 Å². The molecule has 1 aliphatic rings. The third kappa shape index (κ3) is 5.01. The molecule has 0 aromatic carbocycles. The highest BCUT2D eigenvalue weighted by atomic mass is 32.2. The minimum absolute atomic E-state index is 0.190. The fourth-order valence-electron chi connectivity index (χ4n) is 1.85. The lowest BCUT2D eigenvalue weighted by atomic mass is 9.92. The zero-order valence-electron chi connectivity index (χ0n) is 10.3. The van der Waals surface area contributed by atoms with Crippen molar-refractivity contribution < 1.29 is 17.9 Å². The van der Waals surface area contributed by atoms with Gasteiger partial charge in [0, 0.05) is 5.54 Å². The van der Waals surface area contributed by atoms with Gasteiger partial charge >= 0.3 is 5.97 Å². The lowest BCUT2D eigenvalue weighted by molar-refractivity contribution is -0.139. The molecular weight excluding hydrogens is 244 g/mol. The number of piperidine rings is 1. The first-order chi connectivity index (χ1) is 7.87. The highest BCUT2D eigenvalue weighted by molar-refractivity contribution is 7.90. The zero-order valence-corrected chi connectivity index (χ0v) is 11.1. The van der Waals surface area contributed by atoms with Crippen LogP contribution in [0.5, 0.6) is 0 Å². The van der Waals surface area contributed by atoms with Crippen molar-refractivity contribution in [2.75, 3.05) is 25.4 Å². The van der Waals surface area contributed by atoms with Crippen LogP contribution in [0.2, 0.25) is 0 Å². The van der Waals surface area contributed by atoms with E-state index in [1.165, 1.54) is 0 Å². The van der Waals surface area contributed by atoms with E-state index in [4.69, 9.17) is 0 Å². The number of hydrogen-bond donors (Lipinski definition) is 2. The fourth-order valence-corrected chi connectivity index (χ4v) is 3.27. The zero-order chi connectivity index (χ0) is 12.9. The molecule has 0 aromatic rings. The highest BCUT2D eigenvalue weighted by Gasteiger charge is 2.32. The Balaban J connectivity index is 2.56. The summed E-state index contributed by atoms with van der Waals surface area (Å²) in [6, 6.07) is 0. The Morgan fingerprint density at radius 1 is 1.41 bits per heavy atom. The van der Waals surface area contributed by atoms with E-state index in [0.717, 1.165) is 25.9 Å². The summed E-state index contributed by atoms with van der Waals surface area (Å²) in [6.45, 7) is 5.25. The minimum atomic E-state index is -3.61. The minimum Gasteiger partial charge on any atom is -0.465 e. The van der Waals surface area contributed by atoms with Crippen LogP contribution in [0.3, 0.4) is 0 Å². The summed E-state index contributed by atoms with van der Waals surface area (Å²) >= 11 is 0. The Hall–Kier alpha value is -0.660. The largest absolute Gasteiger partial charge is 0.465 e. The van der Waals surface area contributed by atoms with E-state index in [1.54, 1.807) is 6.92 Å². The summed E-state index contributed by atoms with van der Waals surface area (Å²) in [5.74, 6) is -1.32. The molecule has 6 nitrogen and oxygen atoms in total. The van der Waals surface area contributed by atoms with Gasteiger partial charge in [0.05, 0.1) is 6.61 Å². The Morgan fingerprint density at radius 3 is 2.53 bits per heavy atom. The first kappa shape index (κ1) is 14.4. The number of ether oxygens (including phenoxy) is 1. The van der Waals surface area contributed by atoms with Crippen molar-refractivity contribution in [3.05, 3.63) is 0 Å². The normalized spacial score (nSPS) is 19.9. The lowest BCUT2D eigenvalue weighted by Gasteiger charge is -2.34. The molecule has 7 heteroatoms. The maximum Gasteiger partial charge on any atom is 0.322 e. The molecule has 1 fully saturated rings. The SMILES string of the molecule is CCOC(=O)CS(=O)(=O)NC1(C)CCNCC1. The molecule has 1 rings (SSSR count). The van der Waals surface area contributed by atoms with Gasteiger partial charge in [0.1, 0.15) is 0 Å². The monoisotopic (exact) mass is 264 g/mol. The van der Waals surface area contributed by atoms with Gasteiger partial charge in [-0.15, -0.1) is 0 Å². The summed E-state index contributed by atoms with van der Waals surface area (Å²) in [4.78, 5) is 11.2. The van der Waals surface area contributed by atoms with Crippen LogP contribution in [0.25, 0.3) is 0 Å². The van der Waals surface area contributed by atoms with Crippen LogP contribution < -0.4 is 10.0 Å². The van der Waals surface area contributed by atoms with Crippen molar-refractivity contribution in [2.24, 2.45) is 0 Å². The van der Waals surface area contributed by atoms with Crippen molar-refractivity contribution in [3.63, 3.8) is 0 Å². The van der Waals surface area contributed by atoms with Gasteiger partial charge in [-0.3, -0.25) is 4.79 Å². The van der Waals surface area contributed by atoms with Gasteiger partial charge in [-0.05, 0) is 39.8 Å². The first-order valence-electron chi connectivity index (χ1n) is 5.75. The molecule has 0 aromatic heterocycles. The van der Waals surface area contributed by atoms with Crippen LogP contribution in [0.4, 0.5) is 0 Å². The number of nitrogens with one attached hydrogen (secondary N) is 2. The molecule has 0 amide bonds. The Labute approximate surface area is 102 Å². The maximum atomic E-state index is 11.8. The van der Waals surface area contributed by atoms with E-state index in [1.807, 2.05) is 6.92 Å². The third-order valence-corrected chi connectivity index (χ3v) is 4.14. The van der Waals surface area contributed by atoms with Crippen LogP contribution >= 0.6 is 0 Å². The van der Waals surface area contributed by atoms with Gasteiger partial charge < -0.3 is 10.1 Å². The lowest BCUT2D eigenvalue weighted by Crippen LogP contribution is -2.53. The molecule has 0 atom stereocenters. The van der Waals surface area contributed by atoms with Crippen LogP contribution in [0.1, 0.15) is 26.7 Å². The summed E-state index contributed by atoms with van der Waals surface area (Å²) in [7, 11) is -3.61. The standard InChI is InChI=1S/C10H20N2O4S/c1-3-16-9(13)8-17(14,15)12-10(2)4-6-11-7-5-10/h11-12H,3-8H2,1-2H3. The van der Waals surface area contributed by atoms with Crippen molar-refractivity contribution in [1.82, 2.24) is 10.0 Å². The Bertz CT molecular complexity index is 361. The number of rotatable bonds is 5. The third-order valence-electron chi connectivity index (χ3n) is 2.72. The smallest absolute Gasteiger partial charge is 0.322 e. The highest BCUT2D eigenvalue weighted by Crippen LogP contribution is 2.18. The maximum absolute atomic E-state index is 11.8. The van der Waals surface area contributed by atoms with Crippen LogP contribution in [-0.2, 0) is 19.6 Å². The quantitative estimate of drug-likeness (QED) is 0.661. The average molecular weight is 264 g/mol. The van der Waals surface area contributed by atoms with Crippen LogP contribution in [-0.4, -0.2) is 45.4 Å². The number of esters is 1. The second-order valence-corrected chi connectivity index (χ2v) is 6.20. The molecule has 0 radical (unpaired) electrons. The first-order valence-corrected chi connectivity index (χ1v) is 7.40. The molecule has 1 aliphatic heterocycles. The summed E-state index contributed by atoms with van der Waals surface area (Å²) in [5, 5.41) is 3.16. The summed E-state index contributed by atoms with van der Waals surface area (Å²) in [6.07, 6.45) is 1.43. The van der Waals surface area contributed by atoms with Crippen molar-refractivity contribution in [3.8, 4) is 0 Å². The topological polar surface area (TPSA) is 84.5 Å². The Kier molecular flexibility index (Phi) is 4.91.